The number of thioether (sulfide) groups is 2. The fourth-order valence-electron chi connectivity index (χ4n) is 6.15. The van der Waals surface area contributed by atoms with Gasteiger partial charge in [-0.25, -0.2) is 0 Å². The summed E-state index contributed by atoms with van der Waals surface area (Å²) in [4.78, 5) is 0. The van der Waals surface area contributed by atoms with Crippen LogP contribution in [0.25, 0.3) is 0 Å². The normalized spacial score (nSPS) is 88.5. The largest absolute Gasteiger partial charge is 0.158 e. The van der Waals surface area contributed by atoms with Gasteiger partial charge in [-0.15, -0.1) is 0 Å². The third kappa shape index (κ3) is 0.226. The molecule has 6 saturated carbocycles. The van der Waals surface area contributed by atoms with Gasteiger partial charge in [-0.05, 0) is 48.0 Å². The Morgan fingerprint density at radius 2 is 0.917 bits per heavy atom. The molecular formula is C10H12S2. The maximum Gasteiger partial charge on any atom is 0.0261 e. The molecule has 0 nitrogen and oxygen atoms in total. The van der Waals surface area contributed by atoms with Crippen molar-refractivity contribution in [1.82, 2.24) is 0 Å². The van der Waals surface area contributed by atoms with E-state index < -0.39 is 0 Å². The van der Waals surface area contributed by atoms with Crippen molar-refractivity contribution >= 4 is 23.5 Å². The van der Waals surface area contributed by atoms with E-state index in [1.54, 1.807) is 0 Å². The quantitative estimate of drug-likeness (QED) is 0.662. The lowest BCUT2D eigenvalue weighted by Gasteiger charge is -3.10. The second kappa shape index (κ2) is 1.25. The molecule has 0 spiro atoms. The molecule has 2 heteroatoms. The first kappa shape index (κ1) is 6.23. The smallest absolute Gasteiger partial charge is 0.0261 e. The van der Waals surface area contributed by atoms with Crippen LogP contribution in [0.2, 0.25) is 0 Å². The van der Waals surface area contributed by atoms with E-state index in [2.05, 4.69) is 36.0 Å². The minimum Gasteiger partial charge on any atom is -0.158 e. The predicted molar refractivity (Wildman–Crippen MR) is 53.4 cm³/mol. The molecular weight excluding hydrogens is 184 g/mol. The highest BCUT2D eigenvalue weighted by atomic mass is 32.2. The van der Waals surface area contributed by atoms with Crippen LogP contribution in [0.5, 0.6) is 0 Å². The van der Waals surface area contributed by atoms with E-state index in [0.29, 0.717) is 0 Å². The van der Waals surface area contributed by atoms with Gasteiger partial charge in [0.1, 0.15) is 0 Å². The van der Waals surface area contributed by atoms with E-state index in [1.807, 2.05) is 0 Å². The SMILES string of the molecule is CSC12C3C4C1C1C2C3C41SC. The molecule has 12 heavy (non-hydrogen) atoms. The lowest BCUT2D eigenvalue weighted by atomic mass is 9.00. The van der Waals surface area contributed by atoms with Crippen molar-refractivity contribution in [2.24, 2.45) is 35.5 Å². The van der Waals surface area contributed by atoms with Crippen molar-refractivity contribution in [3.63, 3.8) is 0 Å². The fraction of sp³-hybridized carbons (Fsp3) is 1.00. The Morgan fingerprint density at radius 1 is 0.667 bits per heavy atom. The van der Waals surface area contributed by atoms with Gasteiger partial charge in [0.15, 0.2) is 0 Å². The maximum atomic E-state index is 2.35. The van der Waals surface area contributed by atoms with Gasteiger partial charge in [-0.3, -0.25) is 0 Å². The van der Waals surface area contributed by atoms with E-state index in [-0.39, 0.29) is 0 Å². The lowest BCUT2D eigenvalue weighted by Crippen LogP contribution is -3.13. The van der Waals surface area contributed by atoms with Crippen molar-refractivity contribution < 1.29 is 0 Å². The van der Waals surface area contributed by atoms with E-state index in [0.717, 1.165) is 9.49 Å². The first-order chi connectivity index (χ1) is 5.85. The molecule has 0 aliphatic heterocycles. The molecule has 0 aromatic heterocycles. The molecule has 0 atom stereocenters. The zero-order chi connectivity index (χ0) is 7.88. The summed E-state index contributed by atoms with van der Waals surface area (Å²) in [5.74, 6) is 7.25. The second-order valence-electron chi connectivity index (χ2n) is 5.27. The molecule has 6 aliphatic rings. The fourth-order valence-corrected chi connectivity index (χ4v) is 9.54. The summed E-state index contributed by atoms with van der Waals surface area (Å²) in [5, 5.41) is 0. The van der Waals surface area contributed by atoms with Gasteiger partial charge < -0.3 is 0 Å². The van der Waals surface area contributed by atoms with Crippen LogP contribution in [-0.2, 0) is 0 Å². The van der Waals surface area contributed by atoms with Crippen LogP contribution in [0.3, 0.4) is 0 Å². The number of rotatable bonds is 2. The first-order valence-corrected chi connectivity index (χ1v) is 7.41. The van der Waals surface area contributed by atoms with Gasteiger partial charge >= 0.3 is 0 Å². The highest BCUT2D eigenvalue weighted by molar-refractivity contribution is 8.01. The average molecular weight is 196 g/mol. The molecule has 0 aromatic carbocycles. The molecule has 0 bridgehead atoms. The summed E-state index contributed by atoms with van der Waals surface area (Å²) >= 11 is 4.44. The molecule has 6 rings (SSSR count). The summed E-state index contributed by atoms with van der Waals surface area (Å²) in [5.41, 5.74) is 0. The standard InChI is InChI=1S/C10H12S2/c1-11-9-3-6-4(9)8-5(9)7(3)10(6,8)12-2/h3-8H,1-2H3. The Labute approximate surface area is 81.2 Å². The van der Waals surface area contributed by atoms with Crippen molar-refractivity contribution in [2.45, 2.75) is 9.49 Å². The van der Waals surface area contributed by atoms with Crippen LogP contribution >= 0.6 is 23.5 Å². The van der Waals surface area contributed by atoms with Gasteiger partial charge in [-0.1, -0.05) is 0 Å². The summed E-state index contributed by atoms with van der Waals surface area (Å²) < 4.78 is 1.77. The predicted octanol–water partition coefficient (Wildman–Crippen LogP) is 1.96. The van der Waals surface area contributed by atoms with Crippen LogP contribution in [0.1, 0.15) is 0 Å². The van der Waals surface area contributed by atoms with Gasteiger partial charge in [-0.2, -0.15) is 23.5 Å². The van der Waals surface area contributed by atoms with Gasteiger partial charge in [0.2, 0.25) is 0 Å². The van der Waals surface area contributed by atoms with E-state index >= 15 is 0 Å². The summed E-state index contributed by atoms with van der Waals surface area (Å²) in [6.07, 6.45) is 4.71. The Balaban J connectivity index is 1.67. The average Bonchev–Trinajstić information content (AvgIpc) is 2.17. The molecule has 0 unspecified atom stereocenters. The van der Waals surface area contributed by atoms with Crippen molar-refractivity contribution in [1.29, 1.82) is 0 Å². The second-order valence-corrected chi connectivity index (χ2v) is 7.50. The zero-order valence-corrected chi connectivity index (χ0v) is 8.91. The highest BCUT2D eigenvalue weighted by Gasteiger charge is 3.09. The molecule has 64 valence electrons. The molecule has 6 aliphatic carbocycles. The monoisotopic (exact) mass is 196 g/mol. The lowest BCUT2D eigenvalue weighted by molar-refractivity contribution is -0.524. The molecule has 0 saturated heterocycles. The minimum absolute atomic E-state index is 0.886. The van der Waals surface area contributed by atoms with Crippen LogP contribution in [0.15, 0.2) is 0 Å². The third-order valence-electron chi connectivity index (χ3n) is 6.15. The first-order valence-electron chi connectivity index (χ1n) is 4.96. The van der Waals surface area contributed by atoms with Crippen molar-refractivity contribution in [3.05, 3.63) is 0 Å². The highest BCUT2D eigenvalue weighted by Crippen LogP contribution is 3.08. The summed E-state index contributed by atoms with van der Waals surface area (Å²) in [7, 11) is 0. The van der Waals surface area contributed by atoms with Gasteiger partial charge in [0, 0.05) is 9.49 Å². The zero-order valence-electron chi connectivity index (χ0n) is 7.28. The Hall–Kier alpha value is 0.700. The van der Waals surface area contributed by atoms with E-state index in [9.17, 15) is 0 Å². The summed E-state index contributed by atoms with van der Waals surface area (Å²) in [6, 6.07) is 0. The number of hydrogen-bond acceptors (Lipinski definition) is 2. The molecule has 0 aromatic rings. The minimum atomic E-state index is 0.886. The topological polar surface area (TPSA) is 0 Å². The van der Waals surface area contributed by atoms with Gasteiger partial charge in [0.05, 0.1) is 0 Å². The Bertz CT molecular complexity index is 236. The van der Waals surface area contributed by atoms with E-state index in [1.165, 1.54) is 35.5 Å². The maximum absolute atomic E-state index is 2.35. The van der Waals surface area contributed by atoms with Gasteiger partial charge in [0.25, 0.3) is 0 Å². The van der Waals surface area contributed by atoms with Crippen LogP contribution in [0, 0.1) is 35.5 Å². The van der Waals surface area contributed by atoms with E-state index in [4.69, 9.17) is 0 Å². The molecule has 0 amide bonds. The molecule has 0 N–H and O–H groups in total. The van der Waals surface area contributed by atoms with Crippen molar-refractivity contribution in [3.8, 4) is 0 Å². The Kier molecular flexibility index (Phi) is 0.651. The van der Waals surface area contributed by atoms with Crippen LogP contribution in [0.4, 0.5) is 0 Å². The van der Waals surface area contributed by atoms with Crippen molar-refractivity contribution in [2.75, 3.05) is 12.5 Å². The number of hydrogen-bond donors (Lipinski definition) is 0. The van der Waals surface area contributed by atoms with Crippen LogP contribution in [-0.4, -0.2) is 22.0 Å². The Morgan fingerprint density at radius 3 is 1.08 bits per heavy atom. The summed E-state index contributed by atoms with van der Waals surface area (Å²) in [6.45, 7) is 0. The molecule has 6 fully saturated rings. The molecule has 0 heterocycles. The van der Waals surface area contributed by atoms with Crippen LogP contribution < -0.4 is 0 Å². The molecule has 0 radical (unpaired) electrons. The third-order valence-corrected chi connectivity index (χ3v) is 9.20.